The van der Waals surface area contributed by atoms with Crippen molar-refractivity contribution in [2.45, 2.75) is 20.4 Å². The first-order chi connectivity index (χ1) is 12.8. The lowest BCUT2D eigenvalue weighted by Gasteiger charge is -2.06. The zero-order valence-corrected chi connectivity index (χ0v) is 14.8. The van der Waals surface area contributed by atoms with Crippen molar-refractivity contribution >= 4 is 17.4 Å². The SMILES string of the molecule is Cc1cc(C(=O)Nc2cc(C)n(Cc3ccccc3F)n2)ccc1[N+](=O)[O-]. The van der Waals surface area contributed by atoms with Gasteiger partial charge in [0.15, 0.2) is 5.82 Å². The molecule has 0 unspecified atom stereocenters. The molecule has 0 aliphatic heterocycles. The highest BCUT2D eigenvalue weighted by Gasteiger charge is 2.15. The fourth-order valence-electron chi connectivity index (χ4n) is 2.71. The molecule has 0 saturated heterocycles. The Balaban J connectivity index is 1.77. The molecule has 0 bridgehead atoms. The Bertz CT molecular complexity index is 1030. The summed E-state index contributed by atoms with van der Waals surface area (Å²) in [4.78, 5) is 22.8. The van der Waals surface area contributed by atoms with E-state index in [1.54, 1.807) is 42.8 Å². The first-order valence-corrected chi connectivity index (χ1v) is 8.19. The van der Waals surface area contributed by atoms with E-state index in [1.807, 2.05) is 0 Å². The van der Waals surface area contributed by atoms with Gasteiger partial charge in [0.05, 0.1) is 11.5 Å². The number of carbonyl (C=O) groups excluding carboxylic acids is 1. The van der Waals surface area contributed by atoms with Gasteiger partial charge in [-0.2, -0.15) is 5.10 Å². The third-order valence-corrected chi connectivity index (χ3v) is 4.16. The van der Waals surface area contributed by atoms with Gasteiger partial charge in [0, 0.05) is 34.5 Å². The maximum Gasteiger partial charge on any atom is 0.272 e. The summed E-state index contributed by atoms with van der Waals surface area (Å²) in [7, 11) is 0. The molecule has 0 fully saturated rings. The summed E-state index contributed by atoms with van der Waals surface area (Å²) < 4.78 is 15.4. The van der Waals surface area contributed by atoms with Gasteiger partial charge >= 0.3 is 0 Å². The zero-order chi connectivity index (χ0) is 19.6. The normalized spacial score (nSPS) is 10.6. The monoisotopic (exact) mass is 368 g/mol. The minimum absolute atomic E-state index is 0.0449. The van der Waals surface area contributed by atoms with E-state index in [4.69, 9.17) is 0 Å². The largest absolute Gasteiger partial charge is 0.305 e. The minimum Gasteiger partial charge on any atom is -0.305 e. The van der Waals surface area contributed by atoms with Gasteiger partial charge in [0.2, 0.25) is 0 Å². The molecule has 1 heterocycles. The third-order valence-electron chi connectivity index (χ3n) is 4.16. The third kappa shape index (κ3) is 4.00. The van der Waals surface area contributed by atoms with Crippen molar-refractivity contribution in [3.05, 3.63) is 86.8 Å². The highest BCUT2D eigenvalue weighted by atomic mass is 19.1. The first-order valence-electron chi connectivity index (χ1n) is 8.19. The Morgan fingerprint density at radius 2 is 1.96 bits per heavy atom. The van der Waals surface area contributed by atoms with Crippen LogP contribution in [-0.4, -0.2) is 20.6 Å². The molecule has 7 nitrogen and oxygen atoms in total. The number of nitro groups is 1. The highest BCUT2D eigenvalue weighted by molar-refractivity contribution is 6.04. The van der Waals surface area contributed by atoms with Crippen LogP contribution in [0.1, 0.15) is 27.2 Å². The van der Waals surface area contributed by atoms with E-state index in [0.717, 1.165) is 5.69 Å². The van der Waals surface area contributed by atoms with Crippen LogP contribution in [0.5, 0.6) is 0 Å². The topological polar surface area (TPSA) is 90.1 Å². The number of nitro benzene ring substituents is 1. The molecule has 0 aliphatic carbocycles. The van der Waals surface area contributed by atoms with E-state index in [-0.39, 0.29) is 18.0 Å². The van der Waals surface area contributed by atoms with Crippen molar-refractivity contribution in [2.24, 2.45) is 0 Å². The number of hydrogen-bond donors (Lipinski definition) is 1. The Morgan fingerprint density at radius 3 is 2.63 bits per heavy atom. The lowest BCUT2D eigenvalue weighted by Crippen LogP contribution is -2.13. The van der Waals surface area contributed by atoms with Crippen LogP contribution in [0.15, 0.2) is 48.5 Å². The van der Waals surface area contributed by atoms with Gasteiger partial charge in [-0.25, -0.2) is 4.39 Å². The molecule has 8 heteroatoms. The molecular weight excluding hydrogens is 351 g/mol. The van der Waals surface area contributed by atoms with Crippen molar-refractivity contribution in [1.82, 2.24) is 9.78 Å². The van der Waals surface area contributed by atoms with E-state index in [1.165, 1.54) is 24.3 Å². The Morgan fingerprint density at radius 1 is 1.22 bits per heavy atom. The lowest BCUT2D eigenvalue weighted by molar-refractivity contribution is -0.385. The van der Waals surface area contributed by atoms with Crippen molar-refractivity contribution in [3.63, 3.8) is 0 Å². The molecule has 138 valence electrons. The second kappa shape index (κ2) is 7.36. The predicted molar refractivity (Wildman–Crippen MR) is 98.3 cm³/mol. The number of hydrogen-bond acceptors (Lipinski definition) is 4. The molecule has 2 aromatic carbocycles. The van der Waals surface area contributed by atoms with Crippen molar-refractivity contribution in [3.8, 4) is 0 Å². The summed E-state index contributed by atoms with van der Waals surface area (Å²) in [5, 5.41) is 17.8. The highest BCUT2D eigenvalue weighted by Crippen LogP contribution is 2.20. The maximum atomic E-state index is 13.8. The quantitative estimate of drug-likeness (QED) is 0.547. The van der Waals surface area contributed by atoms with Crippen molar-refractivity contribution in [2.75, 3.05) is 5.32 Å². The number of benzene rings is 2. The standard InChI is InChI=1S/C19H17FN4O3/c1-12-9-14(7-8-17(12)24(26)27)19(25)21-18-10-13(2)23(22-18)11-15-5-3-4-6-16(15)20/h3-10H,11H2,1-2H3,(H,21,22,25). The molecule has 3 rings (SSSR count). The molecule has 27 heavy (non-hydrogen) atoms. The second-order valence-electron chi connectivity index (χ2n) is 6.13. The van der Waals surface area contributed by atoms with E-state index < -0.39 is 10.8 Å². The van der Waals surface area contributed by atoms with Gasteiger partial charge in [-0.1, -0.05) is 18.2 Å². The molecule has 1 aromatic heterocycles. The van der Waals surface area contributed by atoms with Crippen LogP contribution in [0.2, 0.25) is 0 Å². The van der Waals surface area contributed by atoms with Crippen LogP contribution in [0.3, 0.4) is 0 Å². The summed E-state index contributed by atoms with van der Waals surface area (Å²) in [6.07, 6.45) is 0. The minimum atomic E-state index is -0.495. The summed E-state index contributed by atoms with van der Waals surface area (Å²) in [6.45, 7) is 3.62. The van der Waals surface area contributed by atoms with Gasteiger partial charge < -0.3 is 5.32 Å². The van der Waals surface area contributed by atoms with E-state index in [2.05, 4.69) is 10.4 Å². The van der Waals surface area contributed by atoms with Gasteiger partial charge in [-0.05, 0) is 32.0 Å². The molecule has 0 spiro atoms. The molecule has 1 amide bonds. The fraction of sp³-hybridized carbons (Fsp3) is 0.158. The molecule has 0 aliphatic rings. The molecule has 3 aromatic rings. The summed E-state index contributed by atoms with van der Waals surface area (Å²) >= 11 is 0. The van der Waals surface area contributed by atoms with Crippen molar-refractivity contribution in [1.29, 1.82) is 0 Å². The number of rotatable bonds is 5. The average molecular weight is 368 g/mol. The number of nitrogens with zero attached hydrogens (tertiary/aromatic N) is 3. The van der Waals surface area contributed by atoms with Crippen LogP contribution < -0.4 is 5.32 Å². The number of carbonyl (C=O) groups is 1. The molecule has 1 N–H and O–H groups in total. The molecule has 0 saturated carbocycles. The molecule has 0 radical (unpaired) electrons. The van der Waals surface area contributed by atoms with Gasteiger partial charge in [0.1, 0.15) is 5.82 Å². The van der Waals surface area contributed by atoms with Gasteiger partial charge in [-0.3, -0.25) is 19.6 Å². The maximum absolute atomic E-state index is 13.8. The van der Waals surface area contributed by atoms with Crippen LogP contribution in [0.4, 0.5) is 15.9 Å². The van der Waals surface area contributed by atoms with Gasteiger partial charge in [0.25, 0.3) is 11.6 Å². The van der Waals surface area contributed by atoms with E-state index >= 15 is 0 Å². The van der Waals surface area contributed by atoms with E-state index in [0.29, 0.717) is 22.5 Å². The number of nitrogens with one attached hydrogen (secondary N) is 1. The summed E-state index contributed by atoms with van der Waals surface area (Å²) in [5.41, 5.74) is 1.89. The van der Waals surface area contributed by atoms with Crippen LogP contribution in [0, 0.1) is 29.8 Å². The second-order valence-corrected chi connectivity index (χ2v) is 6.13. The van der Waals surface area contributed by atoms with Gasteiger partial charge in [-0.15, -0.1) is 0 Å². The van der Waals surface area contributed by atoms with Crippen molar-refractivity contribution < 1.29 is 14.1 Å². The summed E-state index contributed by atoms with van der Waals surface area (Å²) in [6, 6.07) is 12.2. The van der Waals surface area contributed by atoms with Crippen LogP contribution in [0.25, 0.3) is 0 Å². The fourth-order valence-corrected chi connectivity index (χ4v) is 2.71. The zero-order valence-electron chi connectivity index (χ0n) is 14.8. The Kier molecular flexibility index (Phi) is 4.98. The molecular formula is C19H17FN4O3. The summed E-state index contributed by atoms with van der Waals surface area (Å²) in [5.74, 6) is -0.423. The first kappa shape index (κ1) is 18.2. The smallest absolute Gasteiger partial charge is 0.272 e. The van der Waals surface area contributed by atoms with Crippen LogP contribution >= 0.6 is 0 Å². The Labute approximate surface area is 154 Å². The Hall–Kier alpha value is -3.55. The molecule has 0 atom stereocenters. The number of aromatic nitrogens is 2. The number of anilines is 1. The number of amides is 1. The number of aryl methyl sites for hydroxylation is 2. The number of halogens is 1. The predicted octanol–water partition coefficient (Wildman–Crippen LogP) is 3.85. The van der Waals surface area contributed by atoms with Crippen LogP contribution in [-0.2, 0) is 6.54 Å². The van der Waals surface area contributed by atoms with E-state index in [9.17, 15) is 19.3 Å². The average Bonchev–Trinajstić information content (AvgIpc) is 2.95. The lowest BCUT2D eigenvalue weighted by atomic mass is 10.1.